The standard InChI is InChI=1S/C27H17BN2O/c1-2-8-18(9-3-1)29-20-11-5-10-19-26(20)27-21(29)12-6-14-23(27)30-22-13-4-7-17-16-31-24(25(17)22)15-28(19)30/h1-14,16H,15H2. The molecule has 0 fully saturated rings. The van der Waals surface area contributed by atoms with Crippen molar-refractivity contribution in [3.05, 3.63) is 97.0 Å². The first-order valence-corrected chi connectivity index (χ1v) is 10.8. The molecule has 0 spiro atoms. The summed E-state index contributed by atoms with van der Waals surface area (Å²) in [5.74, 6) is 1.10. The van der Waals surface area contributed by atoms with Gasteiger partial charge in [-0.1, -0.05) is 48.5 Å². The van der Waals surface area contributed by atoms with E-state index in [1.165, 1.54) is 55.1 Å². The Morgan fingerprint density at radius 1 is 0.677 bits per heavy atom. The van der Waals surface area contributed by atoms with Crippen LogP contribution in [-0.2, 0) is 6.32 Å². The van der Waals surface area contributed by atoms with Crippen molar-refractivity contribution in [2.75, 3.05) is 4.81 Å². The number of hydrogen-bond donors (Lipinski definition) is 0. The Bertz CT molecular complexity index is 1680. The minimum atomic E-state index is 0.234. The number of anilines is 2. The van der Waals surface area contributed by atoms with Crippen LogP contribution < -0.4 is 10.3 Å². The largest absolute Gasteiger partial charge is 0.469 e. The van der Waals surface area contributed by atoms with Crippen LogP contribution in [-0.4, -0.2) is 11.4 Å². The van der Waals surface area contributed by atoms with Gasteiger partial charge in [0.1, 0.15) is 5.76 Å². The van der Waals surface area contributed by atoms with Gasteiger partial charge in [0.15, 0.2) is 0 Å². The quantitative estimate of drug-likeness (QED) is 0.319. The van der Waals surface area contributed by atoms with Gasteiger partial charge in [0.2, 0.25) is 0 Å². The van der Waals surface area contributed by atoms with E-state index < -0.39 is 0 Å². The summed E-state index contributed by atoms with van der Waals surface area (Å²) in [6, 6.07) is 30.7. The van der Waals surface area contributed by atoms with Crippen molar-refractivity contribution in [3.63, 3.8) is 0 Å². The highest BCUT2D eigenvalue weighted by Crippen LogP contribution is 2.47. The highest BCUT2D eigenvalue weighted by atomic mass is 16.3. The molecule has 8 rings (SSSR count). The molecule has 0 saturated carbocycles. The van der Waals surface area contributed by atoms with Gasteiger partial charge in [0.05, 0.1) is 17.3 Å². The fourth-order valence-corrected chi connectivity index (χ4v) is 5.94. The van der Waals surface area contributed by atoms with E-state index >= 15 is 0 Å². The molecular formula is C27H17BN2O. The Hall–Kier alpha value is -3.92. The molecule has 0 bridgehead atoms. The normalized spacial score (nSPS) is 14.2. The first-order valence-electron chi connectivity index (χ1n) is 10.8. The van der Waals surface area contributed by atoms with Crippen molar-refractivity contribution in [1.29, 1.82) is 0 Å². The number of aromatic nitrogens is 1. The molecule has 2 aliphatic rings. The number of fused-ring (bicyclic) bond motifs is 4. The average Bonchev–Trinajstić information content (AvgIpc) is 3.39. The van der Waals surface area contributed by atoms with Crippen molar-refractivity contribution in [2.24, 2.45) is 0 Å². The van der Waals surface area contributed by atoms with Crippen LogP contribution in [0.4, 0.5) is 11.4 Å². The second-order valence-corrected chi connectivity index (χ2v) is 8.57. The number of para-hydroxylation sites is 1. The van der Waals surface area contributed by atoms with E-state index in [4.69, 9.17) is 4.42 Å². The van der Waals surface area contributed by atoms with Crippen molar-refractivity contribution >= 4 is 56.3 Å². The van der Waals surface area contributed by atoms with E-state index in [0.717, 1.165) is 12.1 Å². The molecule has 4 heterocycles. The predicted octanol–water partition coefficient (Wildman–Crippen LogP) is 5.98. The Labute approximate surface area is 179 Å². The molecule has 144 valence electrons. The fourth-order valence-electron chi connectivity index (χ4n) is 5.94. The molecule has 0 radical (unpaired) electrons. The molecule has 4 heteroatoms. The van der Waals surface area contributed by atoms with Crippen molar-refractivity contribution in [2.45, 2.75) is 6.32 Å². The van der Waals surface area contributed by atoms with Gasteiger partial charge in [-0.2, -0.15) is 0 Å². The van der Waals surface area contributed by atoms with Gasteiger partial charge in [0, 0.05) is 44.9 Å². The second kappa shape index (κ2) is 5.41. The van der Waals surface area contributed by atoms with Crippen LogP contribution >= 0.6 is 0 Å². The molecule has 2 aliphatic heterocycles. The van der Waals surface area contributed by atoms with Crippen LogP contribution in [0.1, 0.15) is 5.76 Å². The summed E-state index contributed by atoms with van der Waals surface area (Å²) in [5.41, 5.74) is 7.66. The molecule has 0 atom stereocenters. The molecule has 6 aromatic rings. The molecule has 0 unspecified atom stereocenters. The number of nitrogens with zero attached hydrogens (tertiary/aromatic N) is 2. The molecule has 31 heavy (non-hydrogen) atoms. The Morgan fingerprint density at radius 3 is 2.29 bits per heavy atom. The number of benzene rings is 4. The monoisotopic (exact) mass is 396 g/mol. The lowest BCUT2D eigenvalue weighted by Gasteiger charge is -2.38. The lowest BCUT2D eigenvalue weighted by atomic mass is 9.47. The summed E-state index contributed by atoms with van der Waals surface area (Å²) in [6.45, 7) is 0.234. The fraction of sp³-hybridized carbons (Fsp3) is 0.0370. The zero-order chi connectivity index (χ0) is 20.1. The topological polar surface area (TPSA) is 21.3 Å². The smallest absolute Gasteiger partial charge is 0.302 e. The molecule has 2 aromatic heterocycles. The molecule has 3 nitrogen and oxygen atoms in total. The minimum Gasteiger partial charge on any atom is -0.469 e. The maximum absolute atomic E-state index is 6.04. The zero-order valence-corrected chi connectivity index (χ0v) is 16.7. The van der Waals surface area contributed by atoms with E-state index in [0.29, 0.717) is 0 Å². The SMILES string of the molecule is c1ccc(-n2c3cccc4c3c3c(cccc32)N2B4Cc3occ4cccc2c34)cc1. The van der Waals surface area contributed by atoms with Crippen molar-refractivity contribution < 1.29 is 4.42 Å². The predicted molar refractivity (Wildman–Crippen MR) is 128 cm³/mol. The first-order chi connectivity index (χ1) is 15.4. The molecule has 4 aromatic carbocycles. The van der Waals surface area contributed by atoms with E-state index in [9.17, 15) is 0 Å². The lowest BCUT2D eigenvalue weighted by Crippen LogP contribution is -2.51. The van der Waals surface area contributed by atoms with Gasteiger partial charge < -0.3 is 13.8 Å². The van der Waals surface area contributed by atoms with Gasteiger partial charge in [-0.25, -0.2) is 0 Å². The van der Waals surface area contributed by atoms with Crippen LogP contribution in [0.5, 0.6) is 0 Å². The van der Waals surface area contributed by atoms with Crippen molar-refractivity contribution in [1.82, 2.24) is 4.57 Å². The van der Waals surface area contributed by atoms with Gasteiger partial charge in [-0.3, -0.25) is 0 Å². The van der Waals surface area contributed by atoms with Crippen LogP contribution in [0, 0.1) is 0 Å². The van der Waals surface area contributed by atoms with Crippen LogP contribution in [0.25, 0.3) is 38.3 Å². The third-order valence-electron chi connectivity index (χ3n) is 7.09. The van der Waals surface area contributed by atoms with E-state index in [1.54, 1.807) is 0 Å². The van der Waals surface area contributed by atoms with E-state index in [1.807, 2.05) is 6.26 Å². The Balaban J connectivity index is 1.56. The summed E-state index contributed by atoms with van der Waals surface area (Å²) >= 11 is 0. The highest BCUT2D eigenvalue weighted by molar-refractivity contribution is 6.82. The van der Waals surface area contributed by atoms with Gasteiger partial charge in [0.25, 0.3) is 0 Å². The summed E-state index contributed by atoms with van der Waals surface area (Å²) in [5, 5.41) is 5.16. The maximum Gasteiger partial charge on any atom is 0.302 e. The van der Waals surface area contributed by atoms with Crippen LogP contribution in [0.3, 0.4) is 0 Å². The lowest BCUT2D eigenvalue weighted by molar-refractivity contribution is 0.532. The maximum atomic E-state index is 6.04. The summed E-state index contributed by atoms with van der Waals surface area (Å²) in [4.78, 5) is 2.55. The summed E-state index contributed by atoms with van der Waals surface area (Å²) < 4.78 is 8.46. The first kappa shape index (κ1) is 15.9. The average molecular weight is 396 g/mol. The van der Waals surface area contributed by atoms with Gasteiger partial charge in [-0.05, 0) is 41.9 Å². The van der Waals surface area contributed by atoms with E-state index in [2.05, 4.69) is 94.3 Å². The number of hydrogen-bond acceptors (Lipinski definition) is 2. The highest BCUT2D eigenvalue weighted by Gasteiger charge is 2.40. The molecule has 0 N–H and O–H groups in total. The second-order valence-electron chi connectivity index (χ2n) is 8.57. The Kier molecular flexibility index (Phi) is 2.77. The minimum absolute atomic E-state index is 0.234. The third-order valence-corrected chi connectivity index (χ3v) is 7.09. The molecular weight excluding hydrogens is 379 g/mol. The third kappa shape index (κ3) is 1.82. The van der Waals surface area contributed by atoms with Crippen LogP contribution in [0.15, 0.2) is 95.6 Å². The van der Waals surface area contributed by atoms with Crippen LogP contribution in [0.2, 0.25) is 0 Å². The molecule has 0 saturated heterocycles. The molecule has 0 aliphatic carbocycles. The molecule has 0 amide bonds. The van der Waals surface area contributed by atoms with Gasteiger partial charge in [-0.15, -0.1) is 0 Å². The Morgan fingerprint density at radius 2 is 1.42 bits per heavy atom. The summed E-state index contributed by atoms with van der Waals surface area (Å²) in [6.07, 6.45) is 2.79. The van der Waals surface area contributed by atoms with Crippen molar-refractivity contribution in [3.8, 4) is 5.69 Å². The number of rotatable bonds is 1. The van der Waals surface area contributed by atoms with E-state index in [-0.39, 0.29) is 6.85 Å². The van der Waals surface area contributed by atoms with Gasteiger partial charge >= 0.3 is 6.85 Å². The number of furan rings is 1. The zero-order valence-electron chi connectivity index (χ0n) is 16.7. The summed E-state index contributed by atoms with van der Waals surface area (Å²) in [7, 11) is 0.